The number of benzene rings is 1. The van der Waals surface area contributed by atoms with Crippen LogP contribution in [0, 0.1) is 0 Å². The average Bonchev–Trinajstić information content (AvgIpc) is 3.00. The van der Waals surface area contributed by atoms with Crippen molar-refractivity contribution >= 4 is 21.6 Å². The van der Waals surface area contributed by atoms with Gasteiger partial charge in [-0.25, -0.2) is 4.68 Å². The lowest BCUT2D eigenvalue weighted by atomic mass is 10.2. The smallest absolute Gasteiger partial charge is 0.128 e. The number of aromatic nitrogens is 2. The summed E-state index contributed by atoms with van der Waals surface area (Å²) in [5.74, 6) is 0. The lowest BCUT2D eigenvalue weighted by Gasteiger charge is -2.17. The fourth-order valence-electron chi connectivity index (χ4n) is 2.24. The molecule has 1 aliphatic heterocycles. The van der Waals surface area contributed by atoms with E-state index in [-0.39, 0.29) is 0 Å². The van der Waals surface area contributed by atoms with Crippen molar-refractivity contribution < 1.29 is 0 Å². The number of rotatable bonds is 2. The highest BCUT2D eigenvalue weighted by Gasteiger charge is 2.11. The quantitative estimate of drug-likeness (QED) is 0.847. The van der Waals surface area contributed by atoms with Crippen LogP contribution in [-0.2, 0) is 0 Å². The Kier molecular flexibility index (Phi) is 2.89. The van der Waals surface area contributed by atoms with E-state index in [0.717, 1.165) is 10.3 Å². The summed E-state index contributed by atoms with van der Waals surface area (Å²) in [5, 5.41) is 4.33. The summed E-state index contributed by atoms with van der Waals surface area (Å²) in [4.78, 5) is 2.43. The molecule has 0 amide bonds. The lowest BCUT2D eigenvalue weighted by Crippen LogP contribution is -2.17. The molecule has 3 rings (SSSR count). The van der Waals surface area contributed by atoms with Gasteiger partial charge in [-0.1, -0.05) is 0 Å². The molecule has 1 saturated heterocycles. The molecule has 1 aliphatic rings. The Balaban J connectivity index is 1.84. The van der Waals surface area contributed by atoms with Crippen LogP contribution in [0.15, 0.2) is 41.1 Å². The Labute approximate surface area is 109 Å². The molecule has 0 radical (unpaired) electrons. The van der Waals surface area contributed by atoms with Crippen LogP contribution in [0.4, 0.5) is 5.69 Å². The second-order valence-corrected chi connectivity index (χ2v) is 5.11. The molecule has 2 aromatic rings. The minimum atomic E-state index is 0.862. The standard InChI is InChI=1S/C13H14BrN3/c14-13-7-10-17(15-13)12-5-3-11(4-6-12)16-8-1-2-9-16/h3-7,10H,1-2,8-9H2. The van der Waals surface area contributed by atoms with E-state index < -0.39 is 0 Å². The second-order valence-electron chi connectivity index (χ2n) is 4.29. The van der Waals surface area contributed by atoms with Crippen LogP contribution in [0.1, 0.15) is 12.8 Å². The van der Waals surface area contributed by atoms with Gasteiger partial charge in [0.15, 0.2) is 0 Å². The molecule has 1 fully saturated rings. The van der Waals surface area contributed by atoms with Gasteiger partial charge in [-0.15, -0.1) is 0 Å². The van der Waals surface area contributed by atoms with Gasteiger partial charge < -0.3 is 4.90 Å². The molecule has 88 valence electrons. The van der Waals surface area contributed by atoms with Crippen LogP contribution in [0.3, 0.4) is 0 Å². The molecule has 3 nitrogen and oxygen atoms in total. The fourth-order valence-corrected chi connectivity index (χ4v) is 2.53. The molecule has 0 N–H and O–H groups in total. The fraction of sp³-hybridized carbons (Fsp3) is 0.308. The summed E-state index contributed by atoms with van der Waals surface area (Å²) in [6.45, 7) is 2.37. The Morgan fingerprint density at radius 3 is 2.18 bits per heavy atom. The molecule has 2 heterocycles. The number of halogens is 1. The van der Waals surface area contributed by atoms with Crippen LogP contribution in [-0.4, -0.2) is 22.9 Å². The number of nitrogens with zero attached hydrogens (tertiary/aromatic N) is 3. The van der Waals surface area contributed by atoms with E-state index in [2.05, 4.69) is 50.2 Å². The molecule has 1 aromatic heterocycles. The third kappa shape index (κ3) is 2.22. The molecular formula is C13H14BrN3. The van der Waals surface area contributed by atoms with Gasteiger partial charge in [-0.05, 0) is 59.1 Å². The predicted molar refractivity (Wildman–Crippen MR) is 72.7 cm³/mol. The first-order chi connectivity index (χ1) is 8.33. The van der Waals surface area contributed by atoms with E-state index in [9.17, 15) is 0 Å². The van der Waals surface area contributed by atoms with Gasteiger partial charge in [0.05, 0.1) is 5.69 Å². The molecule has 0 bridgehead atoms. The molecule has 0 aliphatic carbocycles. The van der Waals surface area contributed by atoms with Gasteiger partial charge >= 0.3 is 0 Å². The van der Waals surface area contributed by atoms with E-state index in [1.54, 1.807) is 0 Å². The van der Waals surface area contributed by atoms with Gasteiger partial charge in [0.1, 0.15) is 4.60 Å². The molecule has 0 unspecified atom stereocenters. The van der Waals surface area contributed by atoms with Crippen LogP contribution in [0.5, 0.6) is 0 Å². The first-order valence-electron chi connectivity index (χ1n) is 5.89. The molecule has 4 heteroatoms. The van der Waals surface area contributed by atoms with E-state index in [1.165, 1.54) is 31.6 Å². The van der Waals surface area contributed by atoms with Crippen molar-refractivity contribution in [2.75, 3.05) is 18.0 Å². The van der Waals surface area contributed by atoms with Crippen LogP contribution >= 0.6 is 15.9 Å². The van der Waals surface area contributed by atoms with Crippen molar-refractivity contribution in [2.45, 2.75) is 12.8 Å². The maximum Gasteiger partial charge on any atom is 0.128 e. The van der Waals surface area contributed by atoms with Gasteiger partial charge in [-0.2, -0.15) is 5.10 Å². The summed E-state index contributed by atoms with van der Waals surface area (Å²) < 4.78 is 2.74. The first kappa shape index (κ1) is 10.8. The Hall–Kier alpha value is -1.29. The highest BCUT2D eigenvalue weighted by molar-refractivity contribution is 9.10. The van der Waals surface area contributed by atoms with Crippen molar-refractivity contribution in [3.8, 4) is 5.69 Å². The van der Waals surface area contributed by atoms with E-state index in [0.29, 0.717) is 0 Å². The summed E-state index contributed by atoms with van der Waals surface area (Å²) in [5.41, 5.74) is 2.41. The zero-order valence-corrected chi connectivity index (χ0v) is 11.1. The number of hydrogen-bond donors (Lipinski definition) is 0. The summed E-state index contributed by atoms with van der Waals surface area (Å²) >= 11 is 3.36. The zero-order valence-electron chi connectivity index (χ0n) is 9.51. The van der Waals surface area contributed by atoms with Gasteiger partial charge in [0.2, 0.25) is 0 Å². The van der Waals surface area contributed by atoms with Crippen molar-refractivity contribution in [3.05, 3.63) is 41.1 Å². The summed E-state index contributed by atoms with van der Waals surface area (Å²) in [6, 6.07) is 10.5. The van der Waals surface area contributed by atoms with E-state index in [1.807, 2.05) is 16.9 Å². The van der Waals surface area contributed by atoms with E-state index in [4.69, 9.17) is 0 Å². The first-order valence-corrected chi connectivity index (χ1v) is 6.69. The predicted octanol–water partition coefficient (Wildman–Crippen LogP) is 3.24. The normalized spacial score (nSPS) is 15.5. The van der Waals surface area contributed by atoms with Gasteiger partial charge in [0.25, 0.3) is 0 Å². The average molecular weight is 292 g/mol. The maximum absolute atomic E-state index is 4.33. The lowest BCUT2D eigenvalue weighted by molar-refractivity contribution is 0.869. The van der Waals surface area contributed by atoms with Crippen molar-refractivity contribution in [3.63, 3.8) is 0 Å². The van der Waals surface area contributed by atoms with E-state index >= 15 is 0 Å². The van der Waals surface area contributed by atoms with Crippen molar-refractivity contribution in [1.29, 1.82) is 0 Å². The molecule has 0 atom stereocenters. The monoisotopic (exact) mass is 291 g/mol. The number of anilines is 1. The third-order valence-electron chi connectivity index (χ3n) is 3.14. The van der Waals surface area contributed by atoms with Crippen LogP contribution in [0.2, 0.25) is 0 Å². The zero-order chi connectivity index (χ0) is 11.7. The minimum Gasteiger partial charge on any atom is -0.372 e. The summed E-state index contributed by atoms with van der Waals surface area (Å²) in [6.07, 6.45) is 4.58. The van der Waals surface area contributed by atoms with Crippen LogP contribution < -0.4 is 4.90 Å². The molecule has 0 spiro atoms. The Bertz CT molecular complexity index is 498. The maximum atomic E-state index is 4.33. The summed E-state index contributed by atoms with van der Waals surface area (Å²) in [7, 11) is 0. The number of hydrogen-bond acceptors (Lipinski definition) is 2. The van der Waals surface area contributed by atoms with Gasteiger partial charge in [-0.3, -0.25) is 0 Å². The highest BCUT2D eigenvalue weighted by atomic mass is 79.9. The molecule has 17 heavy (non-hydrogen) atoms. The third-order valence-corrected chi connectivity index (χ3v) is 3.56. The van der Waals surface area contributed by atoms with Crippen LogP contribution in [0.25, 0.3) is 5.69 Å². The van der Waals surface area contributed by atoms with Crippen molar-refractivity contribution in [2.24, 2.45) is 0 Å². The Morgan fingerprint density at radius 1 is 0.941 bits per heavy atom. The largest absolute Gasteiger partial charge is 0.372 e. The second kappa shape index (κ2) is 4.53. The molecular weight excluding hydrogens is 278 g/mol. The highest BCUT2D eigenvalue weighted by Crippen LogP contribution is 2.21. The molecule has 0 saturated carbocycles. The SMILES string of the molecule is Brc1ccn(-c2ccc(N3CCCC3)cc2)n1. The topological polar surface area (TPSA) is 21.1 Å². The van der Waals surface area contributed by atoms with Crippen molar-refractivity contribution in [1.82, 2.24) is 9.78 Å². The molecule has 1 aromatic carbocycles. The van der Waals surface area contributed by atoms with Gasteiger partial charge in [0, 0.05) is 25.0 Å². The Morgan fingerprint density at radius 2 is 1.59 bits per heavy atom. The minimum absolute atomic E-state index is 0.862.